The maximum atomic E-state index is 13.0. The van der Waals surface area contributed by atoms with Crippen molar-refractivity contribution < 1.29 is 13.2 Å². The van der Waals surface area contributed by atoms with Crippen molar-refractivity contribution in [2.45, 2.75) is 38.0 Å². The van der Waals surface area contributed by atoms with E-state index in [1.165, 1.54) is 0 Å². The number of hydrogen-bond acceptors (Lipinski definition) is 8. The lowest BCUT2D eigenvalue weighted by Crippen LogP contribution is -2.25. The van der Waals surface area contributed by atoms with Gasteiger partial charge in [0.05, 0.1) is 26.2 Å². The molecule has 5 aromatic rings. The summed E-state index contributed by atoms with van der Waals surface area (Å²) in [7, 11) is -3.75. The third-order valence-corrected chi connectivity index (χ3v) is 9.85. The summed E-state index contributed by atoms with van der Waals surface area (Å²) in [6, 6.07) is 23.3. The highest BCUT2D eigenvalue weighted by Crippen LogP contribution is 2.39. The number of carbonyl (C=O) groups excluding carboxylic acids is 1. The van der Waals surface area contributed by atoms with Crippen LogP contribution in [0.25, 0.3) is 21.8 Å². The second-order valence-corrected chi connectivity index (χ2v) is 13.3. The number of rotatable bonds is 8. The number of fused-ring (bicyclic) bond motifs is 1. The van der Waals surface area contributed by atoms with E-state index in [0.29, 0.717) is 23.9 Å². The van der Waals surface area contributed by atoms with Gasteiger partial charge in [-0.25, -0.2) is 23.4 Å². The Kier molecular flexibility index (Phi) is 7.68. The number of sulfonamides is 1. The molecule has 1 aliphatic heterocycles. The normalized spacial score (nSPS) is 12.8. The standard InChI is InChI=1S/C32H30N6O3S2/c1-20(2)31-36-29(23-8-7-9-25(19-23)37-43(40,41)26-10-5-4-6-11-26)30(42-31)27-14-16-33-32(35-27)34-24-12-13-28-22(18-24)15-17-38(28)21(3)39/h4-14,16,18-20,37H,15,17H2,1-3H3,(H,33,34,35). The van der Waals surface area contributed by atoms with Gasteiger partial charge in [0.2, 0.25) is 11.9 Å². The third kappa shape index (κ3) is 5.99. The predicted molar refractivity (Wildman–Crippen MR) is 171 cm³/mol. The number of anilines is 4. The molecule has 1 aliphatic rings. The molecule has 0 saturated heterocycles. The van der Waals surface area contributed by atoms with Gasteiger partial charge in [0, 0.05) is 48.2 Å². The topological polar surface area (TPSA) is 117 Å². The first-order chi connectivity index (χ1) is 20.7. The molecule has 0 saturated carbocycles. The van der Waals surface area contributed by atoms with Crippen molar-refractivity contribution in [2.75, 3.05) is 21.5 Å². The molecular formula is C32H30N6O3S2. The van der Waals surface area contributed by atoms with Gasteiger partial charge in [-0.05, 0) is 60.5 Å². The summed E-state index contributed by atoms with van der Waals surface area (Å²) < 4.78 is 28.6. The summed E-state index contributed by atoms with van der Waals surface area (Å²) in [5.41, 5.74) is 5.52. The molecule has 1 amide bonds. The van der Waals surface area contributed by atoms with E-state index < -0.39 is 10.0 Å². The van der Waals surface area contributed by atoms with Crippen molar-refractivity contribution in [1.82, 2.24) is 15.0 Å². The minimum absolute atomic E-state index is 0.0377. The first-order valence-corrected chi connectivity index (χ1v) is 16.2. The number of carbonyl (C=O) groups is 1. The van der Waals surface area contributed by atoms with Crippen LogP contribution in [0.3, 0.4) is 0 Å². The molecule has 0 aliphatic carbocycles. The van der Waals surface area contributed by atoms with Crippen molar-refractivity contribution in [3.8, 4) is 21.8 Å². The Morgan fingerprint density at radius 2 is 1.77 bits per heavy atom. The first-order valence-electron chi connectivity index (χ1n) is 13.9. The maximum Gasteiger partial charge on any atom is 0.261 e. The highest BCUT2D eigenvalue weighted by Gasteiger charge is 2.23. The van der Waals surface area contributed by atoms with Gasteiger partial charge in [-0.15, -0.1) is 11.3 Å². The van der Waals surface area contributed by atoms with Crippen molar-refractivity contribution in [3.63, 3.8) is 0 Å². The van der Waals surface area contributed by atoms with Gasteiger partial charge in [0.15, 0.2) is 0 Å². The third-order valence-electron chi connectivity index (χ3n) is 7.08. The van der Waals surface area contributed by atoms with Crippen LogP contribution in [0.5, 0.6) is 0 Å². The van der Waals surface area contributed by atoms with Crippen molar-refractivity contribution in [3.05, 3.63) is 95.6 Å². The highest BCUT2D eigenvalue weighted by atomic mass is 32.2. The number of nitrogens with one attached hydrogen (secondary N) is 2. The van der Waals surface area contributed by atoms with Crippen LogP contribution in [0.2, 0.25) is 0 Å². The van der Waals surface area contributed by atoms with Gasteiger partial charge in [0.1, 0.15) is 0 Å². The molecule has 6 rings (SSSR count). The number of nitrogens with zero attached hydrogens (tertiary/aromatic N) is 4. The predicted octanol–water partition coefficient (Wildman–Crippen LogP) is 6.84. The summed E-state index contributed by atoms with van der Waals surface area (Å²) in [5, 5.41) is 4.26. The average Bonchev–Trinajstić information content (AvgIpc) is 3.63. The van der Waals surface area contributed by atoms with Gasteiger partial charge in [-0.1, -0.05) is 44.2 Å². The molecule has 43 heavy (non-hydrogen) atoms. The molecule has 3 aromatic carbocycles. The quantitative estimate of drug-likeness (QED) is 0.197. The lowest BCUT2D eigenvalue weighted by atomic mass is 10.1. The van der Waals surface area contributed by atoms with Crippen molar-refractivity contribution in [1.29, 1.82) is 0 Å². The molecule has 0 fully saturated rings. The number of hydrogen-bond donors (Lipinski definition) is 2. The van der Waals surface area contributed by atoms with E-state index in [1.807, 2.05) is 36.4 Å². The second kappa shape index (κ2) is 11.6. The minimum Gasteiger partial charge on any atom is -0.324 e. The maximum absolute atomic E-state index is 13.0. The molecule has 0 bridgehead atoms. The van der Waals surface area contributed by atoms with Crippen molar-refractivity contribution >= 4 is 50.3 Å². The molecule has 2 aromatic heterocycles. The molecule has 3 heterocycles. The average molecular weight is 611 g/mol. The van der Waals surface area contributed by atoms with E-state index in [9.17, 15) is 13.2 Å². The monoisotopic (exact) mass is 610 g/mol. The van der Waals surface area contributed by atoms with E-state index in [-0.39, 0.29) is 16.7 Å². The lowest BCUT2D eigenvalue weighted by Gasteiger charge is -2.15. The van der Waals surface area contributed by atoms with E-state index in [1.54, 1.807) is 71.8 Å². The van der Waals surface area contributed by atoms with Crippen LogP contribution in [-0.4, -0.2) is 35.8 Å². The van der Waals surface area contributed by atoms with Crippen LogP contribution < -0.4 is 14.9 Å². The molecule has 2 N–H and O–H groups in total. The molecule has 11 heteroatoms. The minimum atomic E-state index is -3.75. The number of amides is 1. The van der Waals surface area contributed by atoms with Crippen LogP contribution in [0.1, 0.15) is 37.3 Å². The van der Waals surface area contributed by atoms with Crippen LogP contribution in [0.15, 0.2) is 90.0 Å². The molecule has 0 spiro atoms. The van der Waals surface area contributed by atoms with Crippen LogP contribution in [0, 0.1) is 0 Å². The molecule has 0 atom stereocenters. The van der Waals surface area contributed by atoms with E-state index >= 15 is 0 Å². The van der Waals surface area contributed by atoms with Crippen LogP contribution >= 0.6 is 11.3 Å². The summed E-state index contributed by atoms with van der Waals surface area (Å²) in [6.45, 7) is 6.44. The number of benzene rings is 3. The van der Waals surface area contributed by atoms with Crippen LogP contribution in [-0.2, 0) is 21.2 Å². The van der Waals surface area contributed by atoms with Gasteiger partial charge < -0.3 is 10.2 Å². The van der Waals surface area contributed by atoms with E-state index in [2.05, 4.69) is 28.9 Å². The first kappa shape index (κ1) is 28.5. The summed E-state index contributed by atoms with van der Waals surface area (Å²) in [6.07, 6.45) is 2.51. The Hall–Kier alpha value is -4.61. The van der Waals surface area contributed by atoms with Crippen molar-refractivity contribution in [2.24, 2.45) is 0 Å². The SMILES string of the molecule is CC(=O)N1CCc2cc(Nc3nccc(-c4sc(C(C)C)nc4-c4cccc(NS(=O)(=O)c5ccccc5)c4)n3)ccc21. The molecular weight excluding hydrogens is 581 g/mol. The molecule has 9 nitrogen and oxygen atoms in total. The van der Waals surface area contributed by atoms with E-state index in [0.717, 1.165) is 44.5 Å². The fourth-order valence-corrected chi connectivity index (χ4v) is 7.11. The van der Waals surface area contributed by atoms with Gasteiger partial charge in [-0.2, -0.15) is 0 Å². The lowest BCUT2D eigenvalue weighted by molar-refractivity contribution is -0.116. The largest absolute Gasteiger partial charge is 0.324 e. The fraction of sp³-hybridized carbons (Fsp3) is 0.188. The summed E-state index contributed by atoms with van der Waals surface area (Å²) in [4.78, 5) is 29.0. The molecule has 0 radical (unpaired) electrons. The second-order valence-electron chi connectivity index (χ2n) is 10.5. The Morgan fingerprint density at radius 3 is 2.53 bits per heavy atom. The number of aromatic nitrogens is 3. The Balaban J connectivity index is 1.31. The van der Waals surface area contributed by atoms with Crippen LogP contribution in [0.4, 0.5) is 23.0 Å². The molecule has 0 unspecified atom stereocenters. The summed E-state index contributed by atoms with van der Waals surface area (Å²) >= 11 is 1.56. The smallest absolute Gasteiger partial charge is 0.261 e. The Labute approximate surface area is 254 Å². The summed E-state index contributed by atoms with van der Waals surface area (Å²) in [5.74, 6) is 0.669. The highest BCUT2D eigenvalue weighted by molar-refractivity contribution is 7.92. The zero-order valence-electron chi connectivity index (χ0n) is 23.9. The van der Waals surface area contributed by atoms with Gasteiger partial charge >= 0.3 is 0 Å². The van der Waals surface area contributed by atoms with E-state index in [4.69, 9.17) is 9.97 Å². The molecule has 218 valence electrons. The fourth-order valence-electron chi connectivity index (χ4n) is 4.98. The van der Waals surface area contributed by atoms with Gasteiger partial charge in [0.25, 0.3) is 10.0 Å². The zero-order valence-corrected chi connectivity index (χ0v) is 25.5. The number of thiazole rings is 1. The Bertz CT molecular complexity index is 1920. The van der Waals surface area contributed by atoms with Gasteiger partial charge in [-0.3, -0.25) is 9.52 Å². The Morgan fingerprint density at radius 1 is 0.953 bits per heavy atom. The zero-order chi connectivity index (χ0) is 30.1.